The van der Waals surface area contributed by atoms with Crippen molar-refractivity contribution in [1.82, 2.24) is 10.3 Å². The summed E-state index contributed by atoms with van der Waals surface area (Å²) >= 11 is 0. The van der Waals surface area contributed by atoms with E-state index in [1.807, 2.05) is 13.8 Å². The van der Waals surface area contributed by atoms with Gasteiger partial charge in [-0.3, -0.25) is 0 Å². The number of ether oxygens (including phenoxy) is 1. The van der Waals surface area contributed by atoms with Crippen LogP contribution in [0.15, 0.2) is 12.3 Å². The fraction of sp³-hybridized carbons (Fsp3) is 0.706. The van der Waals surface area contributed by atoms with Crippen LogP contribution in [-0.4, -0.2) is 17.1 Å². The molecule has 1 aliphatic rings. The highest BCUT2D eigenvalue weighted by molar-refractivity contribution is 5.24. The second-order valence-corrected chi connectivity index (χ2v) is 6.23. The third-order valence-corrected chi connectivity index (χ3v) is 4.26. The zero-order valence-corrected chi connectivity index (χ0v) is 13.4. The largest absolute Gasteiger partial charge is 0.472 e. The molecule has 0 aliphatic heterocycles. The summed E-state index contributed by atoms with van der Waals surface area (Å²) in [6.07, 6.45) is 7.44. The van der Waals surface area contributed by atoms with E-state index < -0.39 is 0 Å². The van der Waals surface area contributed by atoms with E-state index in [4.69, 9.17) is 4.74 Å². The lowest BCUT2D eigenvalue weighted by Gasteiger charge is -2.31. The molecule has 1 aromatic heterocycles. The number of halogens is 1. The second kappa shape index (κ2) is 7.74. The van der Waals surface area contributed by atoms with Gasteiger partial charge in [-0.05, 0) is 37.7 Å². The number of nitrogens with one attached hydrogen (secondary N) is 1. The zero-order chi connectivity index (χ0) is 15.2. The maximum atomic E-state index is 14.5. The standard InChI is InChI=1S/C17H27FN2O/c1-4-13-7-5-6-8-15(13)21-17-16(18)14(9-10-19-17)11-20-12(2)3/h9-10,12-13,15,20H,4-8,11H2,1-3H3. The van der Waals surface area contributed by atoms with Crippen LogP contribution in [0, 0.1) is 11.7 Å². The van der Waals surface area contributed by atoms with Crippen molar-refractivity contribution in [1.29, 1.82) is 0 Å². The number of hydrogen-bond acceptors (Lipinski definition) is 3. The molecule has 1 heterocycles. The average Bonchev–Trinajstić information content (AvgIpc) is 2.48. The lowest BCUT2D eigenvalue weighted by atomic mass is 9.85. The van der Waals surface area contributed by atoms with Gasteiger partial charge in [0.2, 0.25) is 0 Å². The van der Waals surface area contributed by atoms with E-state index in [9.17, 15) is 4.39 Å². The van der Waals surface area contributed by atoms with Gasteiger partial charge in [0.25, 0.3) is 5.88 Å². The summed E-state index contributed by atoms with van der Waals surface area (Å²) in [5.74, 6) is 0.381. The van der Waals surface area contributed by atoms with Crippen LogP contribution in [0.2, 0.25) is 0 Å². The Kier molecular flexibility index (Phi) is 5.97. The van der Waals surface area contributed by atoms with Gasteiger partial charge in [0.15, 0.2) is 5.82 Å². The molecule has 1 aliphatic carbocycles. The van der Waals surface area contributed by atoms with Crippen LogP contribution in [-0.2, 0) is 6.54 Å². The number of rotatable bonds is 6. The molecule has 0 aromatic carbocycles. The highest BCUT2D eigenvalue weighted by Gasteiger charge is 2.27. The van der Waals surface area contributed by atoms with Crippen LogP contribution >= 0.6 is 0 Å². The highest BCUT2D eigenvalue weighted by atomic mass is 19.1. The first kappa shape index (κ1) is 16.2. The van der Waals surface area contributed by atoms with Gasteiger partial charge in [-0.25, -0.2) is 9.37 Å². The van der Waals surface area contributed by atoms with Crippen molar-refractivity contribution in [3.8, 4) is 5.88 Å². The van der Waals surface area contributed by atoms with Crippen LogP contribution in [0.3, 0.4) is 0 Å². The highest BCUT2D eigenvalue weighted by Crippen LogP contribution is 2.31. The van der Waals surface area contributed by atoms with E-state index in [0.29, 0.717) is 24.1 Å². The third-order valence-electron chi connectivity index (χ3n) is 4.26. The average molecular weight is 294 g/mol. The van der Waals surface area contributed by atoms with E-state index >= 15 is 0 Å². The van der Waals surface area contributed by atoms with Gasteiger partial charge in [-0.15, -0.1) is 0 Å². The Morgan fingerprint density at radius 3 is 2.86 bits per heavy atom. The Balaban J connectivity index is 2.07. The van der Waals surface area contributed by atoms with E-state index in [1.165, 1.54) is 12.8 Å². The van der Waals surface area contributed by atoms with Crippen molar-refractivity contribution in [2.45, 2.75) is 71.6 Å². The summed E-state index contributed by atoms with van der Waals surface area (Å²) in [7, 11) is 0. The van der Waals surface area contributed by atoms with E-state index in [2.05, 4.69) is 17.2 Å². The number of hydrogen-bond donors (Lipinski definition) is 1. The predicted molar refractivity (Wildman–Crippen MR) is 82.8 cm³/mol. The monoisotopic (exact) mass is 294 g/mol. The Labute approximate surface area is 127 Å². The lowest BCUT2D eigenvalue weighted by Crippen LogP contribution is -2.30. The number of aromatic nitrogens is 1. The van der Waals surface area contributed by atoms with E-state index in [1.54, 1.807) is 12.3 Å². The smallest absolute Gasteiger partial charge is 0.250 e. The summed E-state index contributed by atoms with van der Waals surface area (Å²) in [4.78, 5) is 4.10. The summed E-state index contributed by atoms with van der Waals surface area (Å²) in [6, 6.07) is 2.04. The van der Waals surface area contributed by atoms with Crippen molar-refractivity contribution in [3.63, 3.8) is 0 Å². The van der Waals surface area contributed by atoms with Crippen LogP contribution in [0.4, 0.5) is 4.39 Å². The Morgan fingerprint density at radius 2 is 2.14 bits per heavy atom. The van der Waals surface area contributed by atoms with Crippen LogP contribution in [0.25, 0.3) is 0 Å². The molecule has 1 fully saturated rings. The van der Waals surface area contributed by atoms with Crippen molar-refractivity contribution >= 4 is 0 Å². The predicted octanol–water partition coefficient (Wildman–Crippen LogP) is 4.07. The quantitative estimate of drug-likeness (QED) is 0.859. The molecule has 21 heavy (non-hydrogen) atoms. The normalized spacial score (nSPS) is 22.5. The minimum atomic E-state index is -0.314. The van der Waals surface area contributed by atoms with Gasteiger partial charge in [0, 0.05) is 24.3 Å². The number of pyridine rings is 1. The first-order valence-corrected chi connectivity index (χ1v) is 8.15. The van der Waals surface area contributed by atoms with E-state index in [-0.39, 0.29) is 17.8 Å². The molecule has 1 saturated carbocycles. The molecule has 0 bridgehead atoms. The summed E-state index contributed by atoms with van der Waals surface area (Å²) in [5, 5.41) is 3.23. The van der Waals surface area contributed by atoms with Crippen LogP contribution in [0.1, 0.15) is 58.4 Å². The molecule has 2 atom stereocenters. The van der Waals surface area contributed by atoms with Gasteiger partial charge in [-0.2, -0.15) is 0 Å². The first-order valence-electron chi connectivity index (χ1n) is 8.15. The van der Waals surface area contributed by atoms with Crippen molar-refractivity contribution in [2.24, 2.45) is 5.92 Å². The maximum absolute atomic E-state index is 14.5. The fourth-order valence-corrected chi connectivity index (χ4v) is 2.93. The van der Waals surface area contributed by atoms with Crippen LogP contribution < -0.4 is 10.1 Å². The lowest BCUT2D eigenvalue weighted by molar-refractivity contribution is 0.0811. The van der Waals surface area contributed by atoms with E-state index in [0.717, 1.165) is 19.3 Å². The number of nitrogens with zero attached hydrogens (tertiary/aromatic N) is 1. The fourth-order valence-electron chi connectivity index (χ4n) is 2.93. The Bertz CT molecular complexity index is 450. The minimum absolute atomic E-state index is 0.110. The maximum Gasteiger partial charge on any atom is 0.250 e. The molecule has 3 nitrogen and oxygen atoms in total. The van der Waals surface area contributed by atoms with Gasteiger partial charge < -0.3 is 10.1 Å². The first-order chi connectivity index (χ1) is 10.1. The molecule has 0 spiro atoms. The molecule has 2 rings (SSSR count). The SMILES string of the molecule is CCC1CCCCC1Oc1nccc(CNC(C)C)c1F. The molecule has 0 saturated heterocycles. The molecule has 118 valence electrons. The van der Waals surface area contributed by atoms with Crippen LogP contribution in [0.5, 0.6) is 5.88 Å². The summed E-state index contributed by atoms with van der Waals surface area (Å²) < 4.78 is 20.4. The van der Waals surface area contributed by atoms with Gasteiger partial charge in [0.1, 0.15) is 6.10 Å². The molecule has 1 aromatic rings. The second-order valence-electron chi connectivity index (χ2n) is 6.23. The van der Waals surface area contributed by atoms with Gasteiger partial charge in [0.05, 0.1) is 0 Å². The Hall–Kier alpha value is -1.16. The topological polar surface area (TPSA) is 34.1 Å². The zero-order valence-electron chi connectivity index (χ0n) is 13.4. The minimum Gasteiger partial charge on any atom is -0.472 e. The van der Waals surface area contributed by atoms with Crippen molar-refractivity contribution in [3.05, 3.63) is 23.6 Å². The van der Waals surface area contributed by atoms with Crippen molar-refractivity contribution in [2.75, 3.05) is 0 Å². The third kappa shape index (κ3) is 4.40. The van der Waals surface area contributed by atoms with Crippen molar-refractivity contribution < 1.29 is 9.13 Å². The summed E-state index contributed by atoms with van der Waals surface area (Å²) in [6.45, 7) is 6.78. The molecule has 2 unspecified atom stereocenters. The molecular formula is C17H27FN2O. The molecule has 0 radical (unpaired) electrons. The molecular weight excluding hydrogens is 267 g/mol. The summed E-state index contributed by atoms with van der Waals surface area (Å²) in [5.41, 5.74) is 0.623. The molecule has 0 amide bonds. The molecule has 4 heteroatoms. The van der Waals surface area contributed by atoms with Gasteiger partial charge in [-0.1, -0.05) is 27.2 Å². The Morgan fingerprint density at radius 1 is 1.38 bits per heavy atom. The van der Waals surface area contributed by atoms with Gasteiger partial charge >= 0.3 is 0 Å². The molecule has 1 N–H and O–H groups in total.